The molecule has 1 aliphatic carbocycles. The minimum Gasteiger partial charge on any atom is -0.374 e. The van der Waals surface area contributed by atoms with Gasteiger partial charge in [0.1, 0.15) is 0 Å². The Bertz CT molecular complexity index is 106. The van der Waals surface area contributed by atoms with Gasteiger partial charge in [0.15, 0.2) is 0 Å². The number of rotatable bonds is 0. The fraction of sp³-hybridized carbons (Fsp3) is 0.714. The van der Waals surface area contributed by atoms with Crippen molar-refractivity contribution in [1.82, 2.24) is 0 Å². The van der Waals surface area contributed by atoms with E-state index in [1.807, 2.05) is 0 Å². The normalized spacial score (nSPS) is 43.0. The van der Waals surface area contributed by atoms with E-state index >= 15 is 0 Å². The predicted octanol–water partition coefficient (Wildman–Crippen LogP) is 1.35. The largest absolute Gasteiger partial charge is 0.374 e. The molecule has 2 bridgehead atoms. The average molecular weight is 110 g/mol. The maximum atomic E-state index is 5.38. The fourth-order valence-corrected chi connectivity index (χ4v) is 1.45. The molecule has 2 rings (SSSR count). The van der Waals surface area contributed by atoms with Gasteiger partial charge in [0.05, 0.1) is 6.10 Å². The molecule has 0 spiro atoms. The monoisotopic (exact) mass is 110 g/mol. The average Bonchev–Trinajstić information content (AvgIpc) is 2.12. The molecule has 0 aromatic heterocycles. The lowest BCUT2D eigenvalue weighted by Crippen LogP contribution is -2.17. The highest BCUT2D eigenvalue weighted by atomic mass is 16.5. The Morgan fingerprint density at radius 1 is 1.38 bits per heavy atom. The van der Waals surface area contributed by atoms with Crippen LogP contribution in [0.1, 0.15) is 12.8 Å². The van der Waals surface area contributed by atoms with Crippen LogP contribution in [0.4, 0.5) is 0 Å². The van der Waals surface area contributed by atoms with Crippen LogP contribution in [0.5, 0.6) is 0 Å². The lowest BCUT2D eigenvalue weighted by molar-refractivity contribution is 0.0416. The van der Waals surface area contributed by atoms with Crippen LogP contribution in [0, 0.1) is 5.92 Å². The standard InChI is InChI=1S/C7H10O/c1-2-7-5-6(1)3-4-8-7/h1-2,6-7H,3-5H2. The summed E-state index contributed by atoms with van der Waals surface area (Å²) in [6.45, 7) is 0.975. The summed E-state index contributed by atoms with van der Waals surface area (Å²) in [4.78, 5) is 0. The summed E-state index contributed by atoms with van der Waals surface area (Å²) in [7, 11) is 0. The van der Waals surface area contributed by atoms with Crippen molar-refractivity contribution in [3.63, 3.8) is 0 Å². The molecule has 0 saturated carbocycles. The van der Waals surface area contributed by atoms with E-state index in [0.29, 0.717) is 6.10 Å². The predicted molar refractivity (Wildman–Crippen MR) is 31.6 cm³/mol. The summed E-state index contributed by atoms with van der Waals surface area (Å²) in [6, 6.07) is 0. The van der Waals surface area contributed by atoms with Crippen molar-refractivity contribution in [2.75, 3.05) is 6.61 Å². The lowest BCUT2D eigenvalue weighted by Gasteiger charge is -2.18. The van der Waals surface area contributed by atoms with Crippen LogP contribution in [0.25, 0.3) is 0 Å². The Labute approximate surface area is 49.3 Å². The summed E-state index contributed by atoms with van der Waals surface area (Å²) in [5, 5.41) is 0. The molecule has 1 fully saturated rings. The van der Waals surface area contributed by atoms with Crippen LogP contribution < -0.4 is 0 Å². The number of fused-ring (bicyclic) bond motifs is 2. The van der Waals surface area contributed by atoms with E-state index in [1.165, 1.54) is 12.8 Å². The van der Waals surface area contributed by atoms with Crippen molar-refractivity contribution in [2.24, 2.45) is 5.92 Å². The van der Waals surface area contributed by atoms with Crippen LogP contribution in [0.3, 0.4) is 0 Å². The highest BCUT2D eigenvalue weighted by molar-refractivity contribution is 5.04. The Balaban J connectivity index is 2.13. The van der Waals surface area contributed by atoms with Crippen LogP contribution in [0.2, 0.25) is 0 Å². The zero-order valence-electron chi connectivity index (χ0n) is 4.84. The molecule has 1 heterocycles. The number of hydrogen-bond acceptors (Lipinski definition) is 1. The molecule has 44 valence electrons. The van der Waals surface area contributed by atoms with Gasteiger partial charge in [-0.15, -0.1) is 0 Å². The van der Waals surface area contributed by atoms with E-state index in [0.717, 1.165) is 12.5 Å². The van der Waals surface area contributed by atoms with Gasteiger partial charge in [0.25, 0.3) is 0 Å². The van der Waals surface area contributed by atoms with Gasteiger partial charge in [-0.3, -0.25) is 0 Å². The van der Waals surface area contributed by atoms with Gasteiger partial charge in [-0.25, -0.2) is 0 Å². The molecule has 1 heteroatoms. The molecule has 1 saturated heterocycles. The number of allylic oxidation sites excluding steroid dienone is 1. The van der Waals surface area contributed by atoms with Crippen molar-refractivity contribution < 1.29 is 4.74 Å². The molecule has 0 aromatic carbocycles. The van der Waals surface area contributed by atoms with Crippen molar-refractivity contribution in [3.8, 4) is 0 Å². The zero-order valence-corrected chi connectivity index (χ0v) is 4.84. The third-order valence-electron chi connectivity index (χ3n) is 1.95. The first-order valence-corrected chi connectivity index (χ1v) is 3.25. The van der Waals surface area contributed by atoms with E-state index in [9.17, 15) is 0 Å². The van der Waals surface area contributed by atoms with E-state index in [2.05, 4.69) is 12.2 Å². The second-order valence-electron chi connectivity index (χ2n) is 2.58. The number of hydrogen-bond donors (Lipinski definition) is 0. The van der Waals surface area contributed by atoms with Crippen molar-refractivity contribution >= 4 is 0 Å². The molecule has 2 atom stereocenters. The van der Waals surface area contributed by atoms with Crippen LogP contribution in [0.15, 0.2) is 12.2 Å². The summed E-state index contributed by atoms with van der Waals surface area (Å²) < 4.78 is 5.38. The summed E-state index contributed by atoms with van der Waals surface area (Å²) >= 11 is 0. The molecule has 0 amide bonds. The highest BCUT2D eigenvalue weighted by Gasteiger charge is 2.23. The second-order valence-corrected chi connectivity index (χ2v) is 2.58. The zero-order chi connectivity index (χ0) is 5.40. The highest BCUT2D eigenvalue weighted by Crippen LogP contribution is 2.27. The third kappa shape index (κ3) is 0.583. The van der Waals surface area contributed by atoms with Gasteiger partial charge in [-0.1, -0.05) is 12.2 Å². The first-order chi connectivity index (χ1) is 3.95. The SMILES string of the molecule is C1=CC2CC1CCO2. The molecule has 2 aliphatic rings. The molecule has 0 aromatic rings. The first-order valence-electron chi connectivity index (χ1n) is 3.25. The van der Waals surface area contributed by atoms with Crippen LogP contribution in [-0.2, 0) is 4.74 Å². The summed E-state index contributed by atoms with van der Waals surface area (Å²) in [5.74, 6) is 0.855. The van der Waals surface area contributed by atoms with Gasteiger partial charge in [-0.05, 0) is 18.8 Å². The van der Waals surface area contributed by atoms with E-state index in [4.69, 9.17) is 4.74 Å². The topological polar surface area (TPSA) is 9.23 Å². The molecular weight excluding hydrogens is 100 g/mol. The lowest BCUT2D eigenvalue weighted by atomic mass is 10.0. The molecule has 2 unspecified atom stereocenters. The van der Waals surface area contributed by atoms with Gasteiger partial charge >= 0.3 is 0 Å². The molecule has 1 nitrogen and oxygen atoms in total. The molecule has 0 radical (unpaired) electrons. The summed E-state index contributed by atoms with van der Waals surface area (Å²) in [5.41, 5.74) is 0. The van der Waals surface area contributed by atoms with Crippen LogP contribution >= 0.6 is 0 Å². The second kappa shape index (κ2) is 1.59. The Hall–Kier alpha value is -0.300. The minimum absolute atomic E-state index is 0.480. The Kier molecular flexibility index (Phi) is 0.908. The van der Waals surface area contributed by atoms with E-state index < -0.39 is 0 Å². The maximum Gasteiger partial charge on any atom is 0.0761 e. The fourth-order valence-electron chi connectivity index (χ4n) is 1.45. The van der Waals surface area contributed by atoms with Crippen LogP contribution in [-0.4, -0.2) is 12.7 Å². The molecular formula is C7H10O. The van der Waals surface area contributed by atoms with Gasteiger partial charge in [0, 0.05) is 6.61 Å². The molecule has 8 heavy (non-hydrogen) atoms. The van der Waals surface area contributed by atoms with Gasteiger partial charge in [-0.2, -0.15) is 0 Å². The van der Waals surface area contributed by atoms with E-state index in [1.54, 1.807) is 0 Å². The van der Waals surface area contributed by atoms with Gasteiger partial charge < -0.3 is 4.74 Å². The summed E-state index contributed by atoms with van der Waals surface area (Å²) in [6.07, 6.45) is 7.45. The maximum absolute atomic E-state index is 5.38. The van der Waals surface area contributed by atoms with Gasteiger partial charge in [0.2, 0.25) is 0 Å². The van der Waals surface area contributed by atoms with Crippen molar-refractivity contribution in [2.45, 2.75) is 18.9 Å². The quantitative estimate of drug-likeness (QED) is 0.428. The smallest absolute Gasteiger partial charge is 0.0761 e. The van der Waals surface area contributed by atoms with E-state index in [-0.39, 0.29) is 0 Å². The molecule has 1 aliphatic heterocycles. The number of ether oxygens (including phenoxy) is 1. The van der Waals surface area contributed by atoms with Crippen molar-refractivity contribution in [1.29, 1.82) is 0 Å². The Morgan fingerprint density at radius 3 is 3.12 bits per heavy atom. The Morgan fingerprint density at radius 2 is 2.38 bits per heavy atom. The third-order valence-corrected chi connectivity index (χ3v) is 1.95. The first kappa shape index (κ1) is 4.57. The minimum atomic E-state index is 0.480. The molecule has 0 N–H and O–H groups in total. The van der Waals surface area contributed by atoms with Crippen molar-refractivity contribution in [3.05, 3.63) is 12.2 Å².